The van der Waals surface area contributed by atoms with Crippen LogP contribution in [-0.4, -0.2) is 21.1 Å². The predicted molar refractivity (Wildman–Crippen MR) is 102 cm³/mol. The Hall–Kier alpha value is -1.37. The predicted octanol–water partition coefficient (Wildman–Crippen LogP) is 6.10. The van der Waals surface area contributed by atoms with E-state index in [1.54, 1.807) is 42.6 Å². The van der Waals surface area contributed by atoms with Gasteiger partial charge in [-0.15, -0.1) is 0 Å². The summed E-state index contributed by atoms with van der Waals surface area (Å²) in [5.74, 6) is 0.470. The topological polar surface area (TPSA) is 46.0 Å². The fourth-order valence-corrected chi connectivity index (χ4v) is 2.94. The van der Waals surface area contributed by atoms with Crippen LogP contribution < -0.4 is 0 Å². The van der Waals surface area contributed by atoms with Crippen LogP contribution in [0.3, 0.4) is 0 Å². The van der Waals surface area contributed by atoms with Gasteiger partial charge in [-0.25, -0.2) is 5.10 Å². The molecule has 0 amide bonds. The number of rotatable bonds is 3. The highest BCUT2D eigenvalue weighted by atomic mass is 35.5. The SMILES string of the molecule is S=c1[nH]nc(-c2ccc(Cl)cc2Cl)n1/N=C/c1ccc(Cl)c(Cl)c1. The third-order valence-corrected chi connectivity index (χ3v) is 4.64. The molecule has 0 aliphatic rings. The van der Waals surface area contributed by atoms with Gasteiger partial charge in [0, 0.05) is 10.6 Å². The fourth-order valence-electron chi connectivity index (χ4n) is 1.96. The summed E-state index contributed by atoms with van der Waals surface area (Å²) in [6.07, 6.45) is 1.60. The Kier molecular flexibility index (Phi) is 5.27. The van der Waals surface area contributed by atoms with E-state index in [1.807, 2.05) is 0 Å². The monoisotopic (exact) mass is 416 g/mol. The molecule has 0 aliphatic carbocycles. The van der Waals surface area contributed by atoms with Crippen LogP contribution in [0.15, 0.2) is 41.5 Å². The molecule has 0 fully saturated rings. The molecule has 1 aromatic heterocycles. The van der Waals surface area contributed by atoms with Gasteiger partial charge < -0.3 is 0 Å². The molecular formula is C15H8Cl4N4S. The van der Waals surface area contributed by atoms with Crippen molar-refractivity contribution < 1.29 is 0 Å². The van der Waals surface area contributed by atoms with Crippen molar-refractivity contribution >= 4 is 64.8 Å². The summed E-state index contributed by atoms with van der Waals surface area (Å²) < 4.78 is 1.79. The first-order valence-corrected chi connectivity index (χ1v) is 8.50. The van der Waals surface area contributed by atoms with E-state index in [0.717, 1.165) is 5.56 Å². The van der Waals surface area contributed by atoms with Gasteiger partial charge in [0.05, 0.1) is 21.3 Å². The molecule has 0 spiro atoms. The zero-order valence-electron chi connectivity index (χ0n) is 11.8. The number of nitrogens with zero attached hydrogens (tertiary/aromatic N) is 3. The molecular weight excluding hydrogens is 410 g/mol. The highest BCUT2D eigenvalue weighted by molar-refractivity contribution is 7.71. The number of H-pyrrole nitrogens is 1. The van der Waals surface area contributed by atoms with Crippen molar-refractivity contribution in [3.63, 3.8) is 0 Å². The molecule has 0 saturated heterocycles. The Morgan fingerprint density at radius 3 is 2.50 bits per heavy atom. The Labute approximate surface area is 162 Å². The van der Waals surface area contributed by atoms with E-state index < -0.39 is 0 Å². The van der Waals surface area contributed by atoms with Gasteiger partial charge in [-0.3, -0.25) is 0 Å². The second-order valence-electron chi connectivity index (χ2n) is 4.71. The van der Waals surface area contributed by atoms with Gasteiger partial charge >= 0.3 is 0 Å². The van der Waals surface area contributed by atoms with Crippen molar-refractivity contribution in [2.75, 3.05) is 0 Å². The first-order valence-electron chi connectivity index (χ1n) is 6.58. The third-order valence-electron chi connectivity index (χ3n) is 3.09. The lowest BCUT2D eigenvalue weighted by atomic mass is 10.2. The van der Waals surface area contributed by atoms with E-state index in [9.17, 15) is 0 Å². The van der Waals surface area contributed by atoms with Crippen LogP contribution in [0, 0.1) is 4.77 Å². The number of nitrogens with one attached hydrogen (secondary N) is 1. The minimum atomic E-state index is 0.326. The molecule has 4 nitrogen and oxygen atoms in total. The number of hydrogen-bond donors (Lipinski definition) is 1. The number of benzene rings is 2. The summed E-state index contributed by atoms with van der Waals surface area (Å²) in [7, 11) is 0. The molecule has 0 aliphatic heterocycles. The molecule has 24 heavy (non-hydrogen) atoms. The molecule has 1 N–H and O–H groups in total. The van der Waals surface area contributed by atoms with E-state index in [4.69, 9.17) is 58.6 Å². The largest absolute Gasteiger partial charge is 0.250 e. The van der Waals surface area contributed by atoms with Crippen LogP contribution in [0.1, 0.15) is 5.56 Å². The van der Waals surface area contributed by atoms with E-state index in [-0.39, 0.29) is 0 Å². The maximum atomic E-state index is 6.23. The molecule has 3 rings (SSSR count). The minimum absolute atomic E-state index is 0.326. The maximum Gasteiger partial charge on any atom is 0.216 e. The number of halogens is 4. The summed E-state index contributed by atoms with van der Waals surface area (Å²) in [6.45, 7) is 0. The summed E-state index contributed by atoms with van der Waals surface area (Å²) >= 11 is 29.3. The molecule has 0 atom stereocenters. The van der Waals surface area contributed by atoms with Crippen LogP contribution in [-0.2, 0) is 0 Å². The van der Waals surface area contributed by atoms with Crippen molar-refractivity contribution in [3.8, 4) is 11.4 Å². The average Bonchev–Trinajstić information content (AvgIpc) is 2.89. The van der Waals surface area contributed by atoms with Crippen LogP contribution in [0.4, 0.5) is 0 Å². The zero-order chi connectivity index (χ0) is 17.3. The quantitative estimate of drug-likeness (QED) is 0.413. The summed E-state index contributed by atoms with van der Waals surface area (Å²) in [5.41, 5.74) is 1.42. The van der Waals surface area contributed by atoms with Gasteiger partial charge in [0.25, 0.3) is 0 Å². The lowest BCUT2D eigenvalue weighted by molar-refractivity contribution is 0.871. The van der Waals surface area contributed by atoms with Gasteiger partial charge in [0.15, 0.2) is 5.82 Å². The van der Waals surface area contributed by atoms with Gasteiger partial charge in [0.2, 0.25) is 4.77 Å². The highest BCUT2D eigenvalue weighted by Crippen LogP contribution is 2.29. The first kappa shape index (κ1) is 17.5. The van der Waals surface area contributed by atoms with Crippen molar-refractivity contribution in [1.29, 1.82) is 0 Å². The molecule has 0 radical (unpaired) electrons. The number of aromatic amines is 1. The number of hydrogen-bond acceptors (Lipinski definition) is 3. The molecule has 0 unspecified atom stereocenters. The Morgan fingerprint density at radius 2 is 1.79 bits per heavy atom. The minimum Gasteiger partial charge on any atom is -0.250 e. The molecule has 9 heteroatoms. The van der Waals surface area contributed by atoms with Crippen LogP contribution in [0.25, 0.3) is 11.4 Å². The second-order valence-corrected chi connectivity index (χ2v) is 6.75. The average molecular weight is 418 g/mol. The fraction of sp³-hybridized carbons (Fsp3) is 0. The highest BCUT2D eigenvalue weighted by Gasteiger charge is 2.12. The van der Waals surface area contributed by atoms with Gasteiger partial charge in [-0.2, -0.15) is 14.9 Å². The van der Waals surface area contributed by atoms with Gasteiger partial charge in [-0.1, -0.05) is 52.5 Å². The summed E-state index contributed by atoms with van der Waals surface area (Å²) in [5, 5.41) is 13.1. The smallest absolute Gasteiger partial charge is 0.216 e. The summed E-state index contributed by atoms with van der Waals surface area (Å²) in [4.78, 5) is 0. The lowest BCUT2D eigenvalue weighted by Crippen LogP contribution is -1.95. The summed E-state index contributed by atoms with van der Waals surface area (Å²) in [6, 6.07) is 10.3. The maximum absolute atomic E-state index is 6.23. The Balaban J connectivity index is 2.03. The molecule has 3 aromatic rings. The van der Waals surface area contributed by atoms with Crippen LogP contribution >= 0.6 is 58.6 Å². The van der Waals surface area contributed by atoms with Crippen molar-refractivity contribution in [1.82, 2.24) is 14.9 Å². The van der Waals surface area contributed by atoms with Gasteiger partial charge in [-0.05, 0) is 48.1 Å². The van der Waals surface area contributed by atoms with Crippen LogP contribution in [0.5, 0.6) is 0 Å². The van der Waals surface area contributed by atoms with Crippen molar-refractivity contribution in [2.45, 2.75) is 0 Å². The molecule has 0 bridgehead atoms. The van der Waals surface area contributed by atoms with Crippen molar-refractivity contribution in [2.24, 2.45) is 5.10 Å². The van der Waals surface area contributed by atoms with E-state index >= 15 is 0 Å². The van der Waals surface area contributed by atoms with Gasteiger partial charge in [0.1, 0.15) is 0 Å². The molecule has 2 aromatic carbocycles. The van der Waals surface area contributed by atoms with E-state index in [1.165, 1.54) is 4.68 Å². The van der Waals surface area contributed by atoms with Crippen LogP contribution in [0.2, 0.25) is 20.1 Å². The van der Waals surface area contributed by atoms with E-state index in [2.05, 4.69) is 15.3 Å². The Morgan fingerprint density at radius 1 is 1.00 bits per heavy atom. The molecule has 1 heterocycles. The van der Waals surface area contributed by atoms with Crippen molar-refractivity contribution in [3.05, 3.63) is 66.8 Å². The molecule has 122 valence electrons. The lowest BCUT2D eigenvalue weighted by Gasteiger charge is -2.04. The van der Waals surface area contributed by atoms with E-state index in [0.29, 0.717) is 36.2 Å². The number of aromatic nitrogens is 3. The second kappa shape index (κ2) is 7.25. The normalized spacial score (nSPS) is 11.3. The first-order chi connectivity index (χ1) is 11.5. The third kappa shape index (κ3) is 3.66. The molecule has 0 saturated carbocycles. The Bertz CT molecular complexity index is 993. The zero-order valence-corrected chi connectivity index (χ0v) is 15.6. The standard InChI is InChI=1S/C15H8Cl4N4S/c16-9-2-3-10(12(18)6-9)14-21-22-15(24)23(14)20-7-8-1-4-11(17)13(19)5-8/h1-7H,(H,22,24)/b20-7+.